The van der Waals surface area contributed by atoms with Crippen molar-refractivity contribution in [3.63, 3.8) is 0 Å². The summed E-state index contributed by atoms with van der Waals surface area (Å²) >= 11 is 0. The molecule has 0 saturated carbocycles. The van der Waals surface area contributed by atoms with Crippen LogP contribution in [-0.2, 0) is 32.6 Å². The molecule has 0 radical (unpaired) electrons. The van der Waals surface area contributed by atoms with Crippen LogP contribution in [0.1, 0.15) is 23.6 Å². The Balaban J connectivity index is 1.78. The molecule has 1 atom stereocenters. The van der Waals surface area contributed by atoms with Crippen molar-refractivity contribution in [3.05, 3.63) is 132 Å². The number of nitrogens with one attached hydrogen (secondary N) is 1. The van der Waals surface area contributed by atoms with Gasteiger partial charge < -0.3 is 10.2 Å². The van der Waals surface area contributed by atoms with Gasteiger partial charge in [-0.3, -0.25) is 13.9 Å². The van der Waals surface area contributed by atoms with Gasteiger partial charge in [0.2, 0.25) is 11.8 Å². The number of rotatable bonds is 12. The molecule has 0 spiro atoms. The number of halogens is 1. The Bertz CT molecular complexity index is 1600. The zero-order valence-electron chi connectivity index (χ0n) is 23.6. The van der Waals surface area contributed by atoms with Gasteiger partial charge in [-0.05, 0) is 66.9 Å². The fourth-order valence-corrected chi connectivity index (χ4v) is 6.09. The van der Waals surface area contributed by atoms with Gasteiger partial charge in [0.1, 0.15) is 18.4 Å². The number of anilines is 1. The first kappa shape index (κ1) is 30.5. The number of carbonyl (C=O) groups is 2. The summed E-state index contributed by atoms with van der Waals surface area (Å²) < 4.78 is 42.7. The molecule has 4 rings (SSSR count). The van der Waals surface area contributed by atoms with Crippen LogP contribution in [0.25, 0.3) is 0 Å². The largest absolute Gasteiger partial charge is 0.355 e. The molecule has 4 aromatic rings. The molecule has 0 fully saturated rings. The van der Waals surface area contributed by atoms with Crippen LogP contribution in [0.3, 0.4) is 0 Å². The van der Waals surface area contributed by atoms with Crippen molar-refractivity contribution in [3.8, 4) is 0 Å². The molecule has 1 N–H and O–H groups in total. The molecule has 218 valence electrons. The van der Waals surface area contributed by atoms with E-state index in [0.717, 1.165) is 15.4 Å². The summed E-state index contributed by atoms with van der Waals surface area (Å²) in [6, 6.07) is 28.8. The minimum absolute atomic E-state index is 0.0270. The lowest BCUT2D eigenvalue weighted by molar-refractivity contribution is -0.140. The van der Waals surface area contributed by atoms with Crippen LogP contribution in [0.4, 0.5) is 10.1 Å². The lowest BCUT2D eigenvalue weighted by Gasteiger charge is -2.34. The molecule has 9 heteroatoms. The predicted molar refractivity (Wildman–Crippen MR) is 162 cm³/mol. The Kier molecular flexibility index (Phi) is 10.1. The van der Waals surface area contributed by atoms with E-state index in [-0.39, 0.29) is 23.8 Å². The van der Waals surface area contributed by atoms with Gasteiger partial charge in [-0.2, -0.15) is 0 Å². The molecule has 0 aromatic heterocycles. The molecule has 2 amide bonds. The molecular weight excluding hydrogens is 553 g/mol. The molecule has 42 heavy (non-hydrogen) atoms. The number of hydrogen-bond donors (Lipinski definition) is 1. The van der Waals surface area contributed by atoms with E-state index in [4.69, 9.17) is 0 Å². The Labute approximate surface area is 246 Å². The van der Waals surface area contributed by atoms with Crippen LogP contribution < -0.4 is 9.62 Å². The van der Waals surface area contributed by atoms with E-state index in [1.807, 2.05) is 43.3 Å². The Hall–Kier alpha value is -4.50. The molecule has 0 aliphatic rings. The van der Waals surface area contributed by atoms with E-state index in [1.54, 1.807) is 55.5 Å². The number of hydrogen-bond acceptors (Lipinski definition) is 4. The molecule has 1 unspecified atom stereocenters. The minimum atomic E-state index is -4.16. The van der Waals surface area contributed by atoms with Crippen LogP contribution >= 0.6 is 0 Å². The average Bonchev–Trinajstić information content (AvgIpc) is 2.99. The second kappa shape index (κ2) is 13.9. The summed E-state index contributed by atoms with van der Waals surface area (Å²) in [6.07, 6.45) is 0.204. The molecule has 4 aromatic carbocycles. The number of sulfonamides is 1. The first-order chi connectivity index (χ1) is 20.2. The standard InChI is InChI=1S/C33H34FN3O4S/c1-3-35-33(39)31(22-26-12-6-4-7-13-26)36(23-27-17-19-28(34)20-18-27)32(38)24-37(29-14-10-11-25(2)21-29)42(40,41)30-15-8-5-9-16-30/h4-21,31H,3,22-24H2,1-2H3,(H,35,39). The number of nitrogens with zero attached hydrogens (tertiary/aromatic N) is 2. The van der Waals surface area contributed by atoms with Gasteiger partial charge in [0.15, 0.2) is 0 Å². The van der Waals surface area contributed by atoms with Crippen LogP contribution in [-0.4, -0.2) is 44.3 Å². The minimum Gasteiger partial charge on any atom is -0.355 e. The number of carbonyl (C=O) groups excluding carboxylic acids is 2. The molecule has 0 aliphatic heterocycles. The number of aryl methyl sites for hydroxylation is 1. The van der Waals surface area contributed by atoms with Crippen LogP contribution in [0.15, 0.2) is 114 Å². The van der Waals surface area contributed by atoms with Crippen molar-refractivity contribution < 1.29 is 22.4 Å². The highest BCUT2D eigenvalue weighted by molar-refractivity contribution is 7.92. The van der Waals surface area contributed by atoms with Crippen molar-refractivity contribution >= 4 is 27.5 Å². The Morgan fingerprint density at radius 2 is 1.48 bits per heavy atom. The number of benzene rings is 4. The van der Waals surface area contributed by atoms with E-state index in [1.165, 1.54) is 29.2 Å². The van der Waals surface area contributed by atoms with Gasteiger partial charge in [0.25, 0.3) is 10.0 Å². The fourth-order valence-electron chi connectivity index (χ4n) is 4.66. The lowest BCUT2D eigenvalue weighted by Crippen LogP contribution is -2.53. The van der Waals surface area contributed by atoms with Gasteiger partial charge in [0, 0.05) is 19.5 Å². The Morgan fingerprint density at radius 3 is 2.10 bits per heavy atom. The zero-order chi connectivity index (χ0) is 30.1. The SMILES string of the molecule is CCNC(=O)C(Cc1ccccc1)N(Cc1ccc(F)cc1)C(=O)CN(c1cccc(C)c1)S(=O)(=O)c1ccccc1. The summed E-state index contributed by atoms with van der Waals surface area (Å²) in [6.45, 7) is 3.40. The predicted octanol–water partition coefficient (Wildman–Crippen LogP) is 5.11. The van der Waals surface area contributed by atoms with Crippen molar-refractivity contribution in [1.29, 1.82) is 0 Å². The summed E-state index contributed by atoms with van der Waals surface area (Å²) in [4.78, 5) is 29.1. The number of amides is 2. The van der Waals surface area contributed by atoms with E-state index in [0.29, 0.717) is 17.8 Å². The van der Waals surface area contributed by atoms with Crippen LogP contribution in [0.2, 0.25) is 0 Å². The van der Waals surface area contributed by atoms with E-state index >= 15 is 0 Å². The van der Waals surface area contributed by atoms with Crippen molar-refractivity contribution in [1.82, 2.24) is 10.2 Å². The molecular formula is C33H34FN3O4S. The van der Waals surface area contributed by atoms with Crippen molar-refractivity contribution in [2.24, 2.45) is 0 Å². The zero-order valence-corrected chi connectivity index (χ0v) is 24.4. The second-order valence-corrected chi connectivity index (χ2v) is 11.8. The normalized spacial score (nSPS) is 11.9. The fraction of sp³-hybridized carbons (Fsp3) is 0.212. The molecule has 0 bridgehead atoms. The topological polar surface area (TPSA) is 86.8 Å². The summed E-state index contributed by atoms with van der Waals surface area (Å²) in [5.41, 5.74) is 2.57. The molecule has 0 heterocycles. The third-order valence-electron chi connectivity index (χ3n) is 6.79. The first-order valence-electron chi connectivity index (χ1n) is 13.7. The van der Waals surface area contributed by atoms with E-state index in [9.17, 15) is 22.4 Å². The van der Waals surface area contributed by atoms with Gasteiger partial charge >= 0.3 is 0 Å². The average molecular weight is 588 g/mol. The van der Waals surface area contributed by atoms with Gasteiger partial charge in [-0.1, -0.05) is 72.8 Å². The summed E-state index contributed by atoms with van der Waals surface area (Å²) in [5, 5.41) is 2.82. The Morgan fingerprint density at radius 1 is 0.833 bits per heavy atom. The quantitative estimate of drug-likeness (QED) is 0.250. The maximum atomic E-state index is 14.3. The maximum absolute atomic E-state index is 14.3. The highest BCUT2D eigenvalue weighted by atomic mass is 32.2. The maximum Gasteiger partial charge on any atom is 0.264 e. The molecule has 7 nitrogen and oxygen atoms in total. The second-order valence-electron chi connectivity index (χ2n) is 9.91. The third kappa shape index (κ3) is 7.61. The lowest BCUT2D eigenvalue weighted by atomic mass is 10.0. The summed E-state index contributed by atoms with van der Waals surface area (Å²) in [5.74, 6) is -1.38. The van der Waals surface area contributed by atoms with Crippen molar-refractivity contribution in [2.45, 2.75) is 37.8 Å². The van der Waals surface area contributed by atoms with Crippen LogP contribution in [0, 0.1) is 12.7 Å². The smallest absolute Gasteiger partial charge is 0.264 e. The van der Waals surface area contributed by atoms with Gasteiger partial charge in [-0.25, -0.2) is 12.8 Å². The molecule has 0 aliphatic carbocycles. The highest BCUT2D eigenvalue weighted by Crippen LogP contribution is 2.26. The highest BCUT2D eigenvalue weighted by Gasteiger charge is 2.34. The van der Waals surface area contributed by atoms with Crippen LogP contribution in [0.5, 0.6) is 0 Å². The summed E-state index contributed by atoms with van der Waals surface area (Å²) in [7, 11) is -4.16. The number of likely N-dealkylation sites (N-methyl/N-ethyl adjacent to an activating group) is 1. The van der Waals surface area contributed by atoms with E-state index < -0.39 is 34.3 Å². The molecule has 0 saturated heterocycles. The van der Waals surface area contributed by atoms with Gasteiger partial charge in [0.05, 0.1) is 10.6 Å². The first-order valence-corrected chi connectivity index (χ1v) is 15.1. The third-order valence-corrected chi connectivity index (χ3v) is 8.58. The van der Waals surface area contributed by atoms with E-state index in [2.05, 4.69) is 5.32 Å². The van der Waals surface area contributed by atoms with Gasteiger partial charge in [-0.15, -0.1) is 0 Å². The van der Waals surface area contributed by atoms with Crippen molar-refractivity contribution in [2.75, 3.05) is 17.4 Å². The monoisotopic (exact) mass is 587 g/mol.